The van der Waals surface area contributed by atoms with Gasteiger partial charge in [0, 0.05) is 5.56 Å². The molecule has 0 heterocycles. The van der Waals surface area contributed by atoms with Gasteiger partial charge in [-0.3, -0.25) is 0 Å². The lowest BCUT2D eigenvalue weighted by atomic mass is 10.0. The van der Waals surface area contributed by atoms with Gasteiger partial charge in [0.05, 0.1) is 9.85 Å². The Labute approximate surface area is 102 Å². The second-order valence-corrected chi connectivity index (χ2v) is 5.27. The summed E-state index contributed by atoms with van der Waals surface area (Å²) in [5, 5.41) is -0.479. The number of halogens is 4. The largest absolute Gasteiger partial charge is 0.207 e. The van der Waals surface area contributed by atoms with Crippen LogP contribution in [-0.4, -0.2) is 0 Å². The average Bonchev–Trinajstić information content (AvgIpc) is 2.09. The Morgan fingerprint density at radius 2 is 1.87 bits per heavy atom. The summed E-state index contributed by atoms with van der Waals surface area (Å²) in [6.45, 7) is 3.98. The highest BCUT2D eigenvalue weighted by molar-refractivity contribution is 9.10. The van der Waals surface area contributed by atoms with Gasteiger partial charge in [0.2, 0.25) is 0 Å². The van der Waals surface area contributed by atoms with Crippen molar-refractivity contribution in [3.8, 4) is 0 Å². The van der Waals surface area contributed by atoms with Crippen LogP contribution >= 0.6 is 27.5 Å². The number of rotatable bonds is 3. The first kappa shape index (κ1) is 12.9. The molecular weight excluding hydrogens is 285 g/mol. The molecule has 0 spiro atoms. The molecule has 0 aliphatic carbocycles. The van der Waals surface area contributed by atoms with Crippen molar-refractivity contribution in [2.24, 2.45) is 5.92 Å². The van der Waals surface area contributed by atoms with Gasteiger partial charge in [0.25, 0.3) is 0 Å². The van der Waals surface area contributed by atoms with Crippen LogP contribution in [0.2, 0.25) is 0 Å². The molecule has 1 unspecified atom stereocenters. The minimum absolute atomic E-state index is 0.122. The van der Waals surface area contributed by atoms with Gasteiger partial charge in [0.15, 0.2) is 0 Å². The van der Waals surface area contributed by atoms with Gasteiger partial charge >= 0.3 is 0 Å². The molecule has 0 fully saturated rings. The second-order valence-electron chi connectivity index (χ2n) is 3.88. The Bertz CT molecular complexity index is 353. The first-order valence-corrected chi connectivity index (χ1v) is 5.93. The Balaban J connectivity index is 2.98. The maximum Gasteiger partial charge on any atom is 0.137 e. The van der Waals surface area contributed by atoms with E-state index in [1.807, 2.05) is 13.8 Å². The van der Waals surface area contributed by atoms with Crippen molar-refractivity contribution < 1.29 is 8.78 Å². The van der Waals surface area contributed by atoms with E-state index in [2.05, 4.69) is 15.9 Å². The molecule has 0 aromatic heterocycles. The Kier molecular flexibility index (Phi) is 4.53. The zero-order valence-corrected chi connectivity index (χ0v) is 10.9. The standard InChI is InChI=1S/C11H12BrClF2/c1-6(2)3-9(13)7-4-11(15)8(12)5-10(7)14/h4-6,9H,3H2,1-2H3. The fourth-order valence-corrected chi connectivity index (χ4v) is 2.16. The van der Waals surface area contributed by atoms with Crippen LogP contribution in [0.15, 0.2) is 16.6 Å². The van der Waals surface area contributed by atoms with Gasteiger partial charge in [-0.05, 0) is 40.4 Å². The molecule has 0 amide bonds. The monoisotopic (exact) mass is 296 g/mol. The Morgan fingerprint density at radius 3 is 2.40 bits per heavy atom. The van der Waals surface area contributed by atoms with Gasteiger partial charge in [-0.25, -0.2) is 8.78 Å². The fourth-order valence-electron chi connectivity index (χ4n) is 1.32. The number of benzene rings is 1. The number of hydrogen-bond donors (Lipinski definition) is 0. The second kappa shape index (κ2) is 5.26. The zero-order valence-electron chi connectivity index (χ0n) is 8.53. The molecule has 0 aliphatic rings. The van der Waals surface area contributed by atoms with Crippen molar-refractivity contribution in [1.29, 1.82) is 0 Å². The predicted molar refractivity (Wildman–Crippen MR) is 62.1 cm³/mol. The van der Waals surface area contributed by atoms with E-state index in [1.54, 1.807) is 0 Å². The lowest BCUT2D eigenvalue weighted by Crippen LogP contribution is -2.00. The molecule has 0 N–H and O–H groups in total. The highest BCUT2D eigenvalue weighted by Gasteiger charge is 2.17. The molecule has 0 nitrogen and oxygen atoms in total. The molecule has 1 aromatic carbocycles. The zero-order chi connectivity index (χ0) is 11.6. The predicted octanol–water partition coefficient (Wildman–Crippen LogP) is 5.05. The molecule has 1 aromatic rings. The molecule has 1 rings (SSSR count). The van der Waals surface area contributed by atoms with Gasteiger partial charge in [0.1, 0.15) is 11.6 Å². The van der Waals surface area contributed by atoms with Gasteiger partial charge < -0.3 is 0 Å². The van der Waals surface area contributed by atoms with Crippen LogP contribution in [0.25, 0.3) is 0 Å². The topological polar surface area (TPSA) is 0 Å². The van der Waals surface area contributed by atoms with Crippen molar-refractivity contribution in [1.82, 2.24) is 0 Å². The summed E-state index contributed by atoms with van der Waals surface area (Å²) >= 11 is 8.93. The molecule has 15 heavy (non-hydrogen) atoms. The van der Waals surface area contributed by atoms with Crippen molar-refractivity contribution in [3.63, 3.8) is 0 Å². The van der Waals surface area contributed by atoms with Crippen LogP contribution < -0.4 is 0 Å². The van der Waals surface area contributed by atoms with Crippen LogP contribution in [0.3, 0.4) is 0 Å². The van der Waals surface area contributed by atoms with Gasteiger partial charge in [-0.15, -0.1) is 11.6 Å². The summed E-state index contributed by atoms with van der Waals surface area (Å²) < 4.78 is 26.8. The smallest absolute Gasteiger partial charge is 0.137 e. The van der Waals surface area contributed by atoms with Crippen LogP contribution in [0.5, 0.6) is 0 Å². The van der Waals surface area contributed by atoms with E-state index >= 15 is 0 Å². The summed E-state index contributed by atoms with van der Waals surface area (Å²) in [7, 11) is 0. The van der Waals surface area contributed by atoms with Crippen molar-refractivity contribution >= 4 is 27.5 Å². The van der Waals surface area contributed by atoms with Crippen molar-refractivity contribution in [3.05, 3.63) is 33.8 Å². The molecule has 1 atom stereocenters. The lowest BCUT2D eigenvalue weighted by Gasteiger charge is -2.13. The molecule has 0 saturated heterocycles. The summed E-state index contributed by atoms with van der Waals surface area (Å²) in [5.41, 5.74) is 0.228. The quantitative estimate of drug-likeness (QED) is 0.541. The minimum atomic E-state index is -0.485. The molecule has 0 radical (unpaired) electrons. The van der Waals surface area contributed by atoms with Crippen LogP contribution in [0.1, 0.15) is 31.2 Å². The maximum atomic E-state index is 13.5. The number of alkyl halides is 1. The SMILES string of the molecule is CC(C)CC(Cl)c1cc(F)c(Br)cc1F. The Morgan fingerprint density at radius 1 is 1.27 bits per heavy atom. The van der Waals surface area contributed by atoms with E-state index in [-0.39, 0.29) is 10.0 Å². The minimum Gasteiger partial charge on any atom is -0.207 e. The lowest BCUT2D eigenvalue weighted by molar-refractivity contribution is 0.537. The van der Waals surface area contributed by atoms with E-state index in [0.29, 0.717) is 12.3 Å². The van der Waals surface area contributed by atoms with Crippen LogP contribution in [-0.2, 0) is 0 Å². The van der Waals surface area contributed by atoms with E-state index in [4.69, 9.17) is 11.6 Å². The Hall–Kier alpha value is -0.150. The summed E-state index contributed by atoms with van der Waals surface area (Å²) in [4.78, 5) is 0. The summed E-state index contributed by atoms with van der Waals surface area (Å²) in [5.74, 6) is -0.608. The number of hydrogen-bond acceptors (Lipinski definition) is 0. The average molecular weight is 298 g/mol. The first-order valence-electron chi connectivity index (χ1n) is 4.70. The highest BCUT2D eigenvalue weighted by Crippen LogP contribution is 2.32. The molecule has 84 valence electrons. The van der Waals surface area contributed by atoms with E-state index in [1.165, 1.54) is 0 Å². The van der Waals surface area contributed by atoms with Crippen molar-refractivity contribution in [2.75, 3.05) is 0 Å². The van der Waals surface area contributed by atoms with Crippen LogP contribution in [0, 0.1) is 17.6 Å². The summed E-state index contributed by atoms with van der Waals surface area (Å²) in [6, 6.07) is 2.26. The van der Waals surface area contributed by atoms with Gasteiger partial charge in [-0.1, -0.05) is 13.8 Å². The third kappa shape index (κ3) is 3.42. The molecule has 0 bridgehead atoms. The van der Waals surface area contributed by atoms with Crippen molar-refractivity contribution in [2.45, 2.75) is 25.6 Å². The fraction of sp³-hybridized carbons (Fsp3) is 0.455. The van der Waals surface area contributed by atoms with E-state index < -0.39 is 17.0 Å². The third-order valence-corrected chi connectivity index (χ3v) is 3.08. The first-order chi connectivity index (χ1) is 6.91. The highest BCUT2D eigenvalue weighted by atomic mass is 79.9. The molecule has 4 heteroatoms. The normalized spacial score (nSPS) is 13.3. The molecular formula is C11H12BrClF2. The van der Waals surface area contributed by atoms with E-state index in [0.717, 1.165) is 12.1 Å². The van der Waals surface area contributed by atoms with Crippen LogP contribution in [0.4, 0.5) is 8.78 Å². The molecule has 0 aliphatic heterocycles. The molecule has 0 saturated carbocycles. The third-order valence-electron chi connectivity index (χ3n) is 2.06. The van der Waals surface area contributed by atoms with Gasteiger partial charge in [-0.2, -0.15) is 0 Å². The summed E-state index contributed by atoms with van der Waals surface area (Å²) in [6.07, 6.45) is 0.625. The maximum absolute atomic E-state index is 13.5. The van der Waals surface area contributed by atoms with E-state index in [9.17, 15) is 8.78 Å².